The van der Waals surface area contributed by atoms with E-state index in [1.54, 1.807) is 0 Å². The molecule has 1 aromatic heterocycles. The van der Waals surface area contributed by atoms with Crippen LogP contribution >= 0.6 is 0 Å². The lowest BCUT2D eigenvalue weighted by atomic mass is 10.1. The van der Waals surface area contributed by atoms with Crippen molar-refractivity contribution in [1.82, 2.24) is 14.7 Å². The number of aliphatic imine (C=N–C) groups is 1. The predicted molar refractivity (Wildman–Crippen MR) is 73.4 cm³/mol. The van der Waals surface area contributed by atoms with Crippen molar-refractivity contribution in [2.24, 2.45) is 17.8 Å². The Morgan fingerprint density at radius 1 is 1.28 bits per heavy atom. The Morgan fingerprint density at radius 2 is 1.94 bits per heavy atom. The van der Waals surface area contributed by atoms with Crippen LogP contribution in [0.4, 0.5) is 0 Å². The molecule has 1 aromatic rings. The Morgan fingerprint density at radius 3 is 2.50 bits per heavy atom. The molecule has 5 heteroatoms. The third-order valence-corrected chi connectivity index (χ3v) is 3.74. The van der Waals surface area contributed by atoms with E-state index >= 15 is 0 Å². The van der Waals surface area contributed by atoms with Gasteiger partial charge in [-0.1, -0.05) is 0 Å². The molecule has 18 heavy (non-hydrogen) atoms. The van der Waals surface area contributed by atoms with Crippen LogP contribution in [0.3, 0.4) is 0 Å². The molecule has 0 unspecified atom stereocenters. The molecule has 2 heterocycles. The zero-order valence-corrected chi connectivity index (χ0v) is 11.6. The van der Waals surface area contributed by atoms with Crippen LogP contribution in [-0.2, 0) is 13.6 Å². The first-order valence-electron chi connectivity index (χ1n) is 6.63. The summed E-state index contributed by atoms with van der Waals surface area (Å²) in [6.07, 6.45) is 3.76. The van der Waals surface area contributed by atoms with Gasteiger partial charge in [-0.3, -0.25) is 4.68 Å². The number of aryl methyl sites for hydroxylation is 2. The van der Waals surface area contributed by atoms with Crippen molar-refractivity contribution >= 4 is 5.96 Å². The van der Waals surface area contributed by atoms with E-state index in [1.165, 1.54) is 30.5 Å². The number of likely N-dealkylation sites (tertiary alicyclic amines) is 1. The van der Waals surface area contributed by atoms with Gasteiger partial charge in [0.1, 0.15) is 0 Å². The molecule has 0 atom stereocenters. The summed E-state index contributed by atoms with van der Waals surface area (Å²) in [6, 6.07) is 0. The van der Waals surface area contributed by atoms with Crippen LogP contribution in [0.15, 0.2) is 4.99 Å². The van der Waals surface area contributed by atoms with Crippen molar-refractivity contribution in [2.75, 3.05) is 13.1 Å². The van der Waals surface area contributed by atoms with Crippen LogP contribution in [0.1, 0.15) is 36.2 Å². The number of hydrogen-bond donors (Lipinski definition) is 1. The van der Waals surface area contributed by atoms with Gasteiger partial charge in [0.25, 0.3) is 0 Å². The van der Waals surface area contributed by atoms with Crippen molar-refractivity contribution in [3.8, 4) is 0 Å². The number of guanidine groups is 1. The second kappa shape index (κ2) is 5.42. The Kier molecular flexibility index (Phi) is 3.89. The smallest absolute Gasteiger partial charge is 0.191 e. The first kappa shape index (κ1) is 12.9. The summed E-state index contributed by atoms with van der Waals surface area (Å²) in [4.78, 5) is 6.71. The zero-order chi connectivity index (χ0) is 13.1. The Balaban J connectivity index is 2.05. The Hall–Kier alpha value is -1.52. The summed E-state index contributed by atoms with van der Waals surface area (Å²) in [6.45, 7) is 6.81. The minimum absolute atomic E-state index is 0.633. The van der Waals surface area contributed by atoms with E-state index in [0.29, 0.717) is 12.5 Å². The number of nitrogens with zero attached hydrogens (tertiary/aromatic N) is 4. The van der Waals surface area contributed by atoms with Gasteiger partial charge in [0.2, 0.25) is 0 Å². The summed E-state index contributed by atoms with van der Waals surface area (Å²) in [5, 5.41) is 4.39. The molecule has 0 aliphatic carbocycles. The van der Waals surface area contributed by atoms with Crippen LogP contribution in [0.5, 0.6) is 0 Å². The molecule has 0 bridgehead atoms. The molecule has 100 valence electrons. The number of nitrogens with two attached hydrogens (primary N) is 1. The van der Waals surface area contributed by atoms with Gasteiger partial charge in [0.15, 0.2) is 5.96 Å². The molecule has 0 saturated carbocycles. The summed E-state index contributed by atoms with van der Waals surface area (Å²) in [7, 11) is 1.96. The first-order valence-corrected chi connectivity index (χ1v) is 6.63. The fourth-order valence-electron chi connectivity index (χ4n) is 2.43. The van der Waals surface area contributed by atoms with Crippen LogP contribution in [0.2, 0.25) is 0 Å². The van der Waals surface area contributed by atoms with Crippen molar-refractivity contribution < 1.29 is 0 Å². The third-order valence-electron chi connectivity index (χ3n) is 3.74. The van der Waals surface area contributed by atoms with Gasteiger partial charge in [-0.2, -0.15) is 5.10 Å². The molecule has 0 aromatic carbocycles. The number of rotatable bonds is 2. The molecule has 1 saturated heterocycles. The highest BCUT2D eigenvalue weighted by Gasteiger charge is 2.13. The topological polar surface area (TPSA) is 59.4 Å². The third kappa shape index (κ3) is 2.66. The average Bonchev–Trinajstić information content (AvgIpc) is 2.62. The minimum Gasteiger partial charge on any atom is -0.370 e. The predicted octanol–water partition coefficient (Wildman–Crippen LogP) is 1.34. The highest BCUT2D eigenvalue weighted by molar-refractivity contribution is 5.78. The van der Waals surface area contributed by atoms with Gasteiger partial charge >= 0.3 is 0 Å². The number of aromatic nitrogens is 2. The lowest BCUT2D eigenvalue weighted by Crippen LogP contribution is -2.40. The molecular weight excluding hydrogens is 226 g/mol. The summed E-state index contributed by atoms with van der Waals surface area (Å²) < 4.78 is 1.90. The summed E-state index contributed by atoms with van der Waals surface area (Å²) in [5.41, 5.74) is 9.46. The second-order valence-electron chi connectivity index (χ2n) is 5.00. The molecule has 1 aliphatic heterocycles. The van der Waals surface area contributed by atoms with E-state index in [4.69, 9.17) is 5.73 Å². The van der Waals surface area contributed by atoms with E-state index in [-0.39, 0.29) is 0 Å². The lowest BCUT2D eigenvalue weighted by molar-refractivity contribution is 0.338. The monoisotopic (exact) mass is 249 g/mol. The van der Waals surface area contributed by atoms with Crippen molar-refractivity contribution in [3.05, 3.63) is 17.0 Å². The van der Waals surface area contributed by atoms with Gasteiger partial charge < -0.3 is 10.6 Å². The zero-order valence-electron chi connectivity index (χ0n) is 11.6. The first-order chi connectivity index (χ1) is 8.59. The van der Waals surface area contributed by atoms with E-state index in [1.807, 2.05) is 18.7 Å². The molecule has 1 fully saturated rings. The van der Waals surface area contributed by atoms with Crippen molar-refractivity contribution in [3.63, 3.8) is 0 Å². The maximum atomic E-state index is 6.05. The maximum absolute atomic E-state index is 6.05. The maximum Gasteiger partial charge on any atom is 0.191 e. The average molecular weight is 249 g/mol. The van der Waals surface area contributed by atoms with E-state index in [9.17, 15) is 0 Å². The molecular formula is C13H23N5. The van der Waals surface area contributed by atoms with Crippen LogP contribution < -0.4 is 5.73 Å². The molecule has 0 radical (unpaired) electrons. The number of piperidine rings is 1. The van der Waals surface area contributed by atoms with Crippen molar-refractivity contribution in [2.45, 2.75) is 39.7 Å². The molecule has 0 amide bonds. The van der Waals surface area contributed by atoms with Gasteiger partial charge in [-0.05, 0) is 33.1 Å². The fourth-order valence-corrected chi connectivity index (χ4v) is 2.43. The Labute approximate surface area is 109 Å². The molecule has 0 spiro atoms. The van der Waals surface area contributed by atoms with Crippen LogP contribution in [-0.4, -0.2) is 33.7 Å². The van der Waals surface area contributed by atoms with Crippen LogP contribution in [0, 0.1) is 13.8 Å². The van der Waals surface area contributed by atoms with Crippen LogP contribution in [0.25, 0.3) is 0 Å². The normalized spacial score (nSPS) is 17.3. The van der Waals surface area contributed by atoms with Gasteiger partial charge in [0.05, 0.1) is 12.2 Å². The summed E-state index contributed by atoms with van der Waals surface area (Å²) in [5.74, 6) is 0.678. The van der Waals surface area contributed by atoms with E-state index in [0.717, 1.165) is 18.8 Å². The Bertz CT molecular complexity index is 440. The second-order valence-corrected chi connectivity index (χ2v) is 5.00. The lowest BCUT2D eigenvalue weighted by Gasteiger charge is -2.27. The van der Waals surface area contributed by atoms with E-state index in [2.05, 4.69) is 21.9 Å². The number of hydrogen-bond acceptors (Lipinski definition) is 2. The van der Waals surface area contributed by atoms with Crippen molar-refractivity contribution in [1.29, 1.82) is 0 Å². The quantitative estimate of drug-likeness (QED) is 0.635. The highest BCUT2D eigenvalue weighted by Crippen LogP contribution is 2.14. The van der Waals surface area contributed by atoms with Gasteiger partial charge in [-0.25, -0.2) is 4.99 Å². The van der Waals surface area contributed by atoms with E-state index < -0.39 is 0 Å². The minimum atomic E-state index is 0.633. The fraction of sp³-hybridized carbons (Fsp3) is 0.692. The largest absolute Gasteiger partial charge is 0.370 e. The molecule has 5 nitrogen and oxygen atoms in total. The van der Waals surface area contributed by atoms with Gasteiger partial charge in [-0.15, -0.1) is 0 Å². The highest BCUT2D eigenvalue weighted by atomic mass is 15.3. The van der Waals surface area contributed by atoms with Gasteiger partial charge in [0, 0.05) is 31.4 Å². The molecule has 2 rings (SSSR count). The summed E-state index contributed by atoms with van der Waals surface area (Å²) >= 11 is 0. The molecule has 1 aliphatic rings. The molecule has 2 N–H and O–H groups in total. The SMILES string of the molecule is Cc1nn(C)c(C)c1CN=C(N)N1CCCCC1. The standard InChI is InChI=1S/C13H23N5/c1-10-12(11(2)17(3)16-10)9-15-13(14)18-7-5-4-6-8-18/h4-9H2,1-3H3,(H2,14,15).